The molecule has 3 fully saturated rings. The fraction of sp³-hybridized carbons (Fsp3) is 0.667. The van der Waals surface area contributed by atoms with Crippen molar-refractivity contribution in [2.45, 2.75) is 57.2 Å². The lowest BCUT2D eigenvalue weighted by molar-refractivity contribution is -0.123. The van der Waals surface area contributed by atoms with Crippen molar-refractivity contribution in [2.75, 3.05) is 18.0 Å². The van der Waals surface area contributed by atoms with Crippen molar-refractivity contribution in [3.8, 4) is 0 Å². The first-order valence-electron chi connectivity index (χ1n) is 9.28. The van der Waals surface area contributed by atoms with Crippen molar-refractivity contribution >= 4 is 11.7 Å². The Kier molecular flexibility index (Phi) is 4.67. The minimum Gasteiger partial charge on any atom is -0.357 e. The summed E-state index contributed by atoms with van der Waals surface area (Å²) < 4.78 is 0. The van der Waals surface area contributed by atoms with E-state index in [0.717, 1.165) is 36.8 Å². The number of hydrogen-bond acceptors (Lipinski definition) is 5. The molecule has 2 unspecified atom stereocenters. The van der Waals surface area contributed by atoms with Gasteiger partial charge in [0.2, 0.25) is 5.91 Å². The molecule has 0 aromatic carbocycles. The quantitative estimate of drug-likeness (QED) is 0.760. The molecular formula is C18H27N5O. The summed E-state index contributed by atoms with van der Waals surface area (Å²) in [6.45, 7) is 2.75. The highest BCUT2D eigenvalue weighted by molar-refractivity contribution is 5.82. The van der Waals surface area contributed by atoms with E-state index in [4.69, 9.17) is 0 Å². The van der Waals surface area contributed by atoms with Gasteiger partial charge < -0.3 is 10.2 Å². The number of hydrazine groups is 1. The second-order valence-corrected chi connectivity index (χ2v) is 7.31. The van der Waals surface area contributed by atoms with Gasteiger partial charge in [-0.25, -0.2) is 10.4 Å². The minimum atomic E-state index is -0.115. The van der Waals surface area contributed by atoms with Crippen molar-refractivity contribution in [2.24, 2.45) is 5.92 Å². The number of nitrogens with zero attached hydrogens (tertiary/aromatic N) is 2. The van der Waals surface area contributed by atoms with E-state index >= 15 is 0 Å². The zero-order valence-corrected chi connectivity index (χ0v) is 14.1. The number of pyridine rings is 1. The topological polar surface area (TPSA) is 69.3 Å². The van der Waals surface area contributed by atoms with Crippen molar-refractivity contribution in [1.82, 2.24) is 21.2 Å². The van der Waals surface area contributed by atoms with Gasteiger partial charge in [0, 0.05) is 31.9 Å². The Bertz CT molecular complexity index is 565. The number of carbonyl (C=O) groups excluding carboxylic acids is 1. The van der Waals surface area contributed by atoms with Crippen molar-refractivity contribution in [1.29, 1.82) is 0 Å². The standard InChI is InChI=1S/C18H27N5O/c24-18(16-10-15(21-22-16)14-5-6-14)20-12-13-4-7-17(19-11-13)23-8-2-1-3-9-23/h4,7,11,14-16,21-22H,1-3,5-6,8-10,12H2,(H,20,24). The van der Waals surface area contributed by atoms with E-state index in [9.17, 15) is 4.79 Å². The van der Waals surface area contributed by atoms with Crippen LogP contribution in [0.5, 0.6) is 0 Å². The number of carbonyl (C=O) groups is 1. The highest BCUT2D eigenvalue weighted by atomic mass is 16.2. The van der Waals surface area contributed by atoms with Crippen LogP contribution in [0.4, 0.5) is 5.82 Å². The average molecular weight is 329 g/mol. The summed E-state index contributed by atoms with van der Waals surface area (Å²) in [5.41, 5.74) is 7.44. The zero-order valence-electron chi connectivity index (χ0n) is 14.1. The first-order valence-corrected chi connectivity index (χ1v) is 9.28. The van der Waals surface area contributed by atoms with Gasteiger partial charge in [-0.3, -0.25) is 10.2 Å². The molecule has 2 atom stereocenters. The van der Waals surface area contributed by atoms with Crippen LogP contribution in [0.1, 0.15) is 44.1 Å². The predicted molar refractivity (Wildman–Crippen MR) is 93.3 cm³/mol. The molecule has 1 aliphatic carbocycles. The Morgan fingerprint density at radius 3 is 2.75 bits per heavy atom. The third-order valence-corrected chi connectivity index (χ3v) is 5.40. The molecule has 2 aliphatic heterocycles. The molecular weight excluding hydrogens is 302 g/mol. The summed E-state index contributed by atoms with van der Waals surface area (Å²) in [4.78, 5) is 19.2. The Labute approximate surface area is 143 Å². The molecule has 24 heavy (non-hydrogen) atoms. The number of rotatable bonds is 5. The van der Waals surface area contributed by atoms with Gasteiger partial charge in [0.05, 0.1) is 0 Å². The van der Waals surface area contributed by atoms with Crippen molar-refractivity contribution < 1.29 is 4.79 Å². The van der Waals surface area contributed by atoms with Gasteiger partial charge >= 0.3 is 0 Å². The minimum absolute atomic E-state index is 0.0748. The molecule has 1 aromatic rings. The van der Waals surface area contributed by atoms with Gasteiger partial charge in [-0.05, 0) is 56.1 Å². The third-order valence-electron chi connectivity index (χ3n) is 5.40. The average Bonchev–Trinajstić information content (AvgIpc) is 3.38. The molecule has 1 saturated carbocycles. The second kappa shape index (κ2) is 7.07. The Balaban J connectivity index is 1.25. The molecule has 3 N–H and O–H groups in total. The molecule has 1 aromatic heterocycles. The van der Waals surface area contributed by atoms with E-state index in [0.29, 0.717) is 12.6 Å². The highest BCUT2D eigenvalue weighted by Crippen LogP contribution is 2.35. The highest BCUT2D eigenvalue weighted by Gasteiger charge is 2.38. The van der Waals surface area contributed by atoms with Crippen LogP contribution >= 0.6 is 0 Å². The predicted octanol–water partition coefficient (Wildman–Crippen LogP) is 1.33. The van der Waals surface area contributed by atoms with Crippen LogP contribution in [0.3, 0.4) is 0 Å². The number of aromatic nitrogens is 1. The lowest BCUT2D eigenvalue weighted by Gasteiger charge is -2.27. The Hall–Kier alpha value is -1.66. The SMILES string of the molecule is O=C(NCc1ccc(N2CCCCC2)nc1)C1CC(C2CC2)NN1. The zero-order chi connectivity index (χ0) is 16.4. The summed E-state index contributed by atoms with van der Waals surface area (Å²) in [6, 6.07) is 4.50. The molecule has 2 saturated heterocycles. The first kappa shape index (κ1) is 15.8. The lowest BCUT2D eigenvalue weighted by Crippen LogP contribution is -2.43. The molecule has 6 nitrogen and oxygen atoms in total. The van der Waals surface area contributed by atoms with Crippen LogP contribution in [0.15, 0.2) is 18.3 Å². The monoisotopic (exact) mass is 329 g/mol. The van der Waals surface area contributed by atoms with Gasteiger partial charge in [0.25, 0.3) is 0 Å². The summed E-state index contributed by atoms with van der Waals surface area (Å²) in [5.74, 6) is 1.89. The van der Waals surface area contributed by atoms with Crippen LogP contribution in [0, 0.1) is 5.92 Å². The van der Waals surface area contributed by atoms with Gasteiger partial charge in [0.1, 0.15) is 11.9 Å². The van der Waals surface area contributed by atoms with Crippen LogP contribution < -0.4 is 21.1 Å². The molecule has 0 bridgehead atoms. The molecule has 130 valence electrons. The normalized spacial score (nSPS) is 27.2. The summed E-state index contributed by atoms with van der Waals surface area (Å²) >= 11 is 0. The summed E-state index contributed by atoms with van der Waals surface area (Å²) in [5, 5.41) is 3.02. The smallest absolute Gasteiger partial charge is 0.238 e. The fourth-order valence-corrected chi connectivity index (χ4v) is 3.70. The van der Waals surface area contributed by atoms with E-state index < -0.39 is 0 Å². The van der Waals surface area contributed by atoms with E-state index in [2.05, 4.69) is 38.2 Å². The van der Waals surface area contributed by atoms with E-state index in [-0.39, 0.29) is 11.9 Å². The van der Waals surface area contributed by atoms with Crippen LogP contribution in [0.2, 0.25) is 0 Å². The fourth-order valence-electron chi connectivity index (χ4n) is 3.70. The number of anilines is 1. The molecule has 0 radical (unpaired) electrons. The number of piperidine rings is 1. The maximum absolute atomic E-state index is 12.3. The number of amides is 1. The first-order chi connectivity index (χ1) is 11.8. The molecule has 6 heteroatoms. The van der Waals surface area contributed by atoms with Gasteiger partial charge in [-0.2, -0.15) is 0 Å². The van der Waals surface area contributed by atoms with Crippen LogP contribution in [-0.4, -0.2) is 36.1 Å². The largest absolute Gasteiger partial charge is 0.357 e. The molecule has 0 spiro atoms. The number of nitrogens with one attached hydrogen (secondary N) is 3. The molecule has 3 heterocycles. The number of hydrogen-bond donors (Lipinski definition) is 3. The maximum Gasteiger partial charge on any atom is 0.238 e. The van der Waals surface area contributed by atoms with Crippen LogP contribution in [0.25, 0.3) is 0 Å². The molecule has 4 rings (SSSR count). The van der Waals surface area contributed by atoms with Gasteiger partial charge in [-0.1, -0.05) is 6.07 Å². The van der Waals surface area contributed by atoms with Crippen molar-refractivity contribution in [3.05, 3.63) is 23.9 Å². The van der Waals surface area contributed by atoms with E-state index in [1.807, 2.05) is 6.20 Å². The maximum atomic E-state index is 12.3. The molecule has 1 amide bonds. The van der Waals surface area contributed by atoms with E-state index in [1.54, 1.807) is 0 Å². The lowest BCUT2D eigenvalue weighted by atomic mass is 10.1. The van der Waals surface area contributed by atoms with E-state index in [1.165, 1.54) is 32.1 Å². The van der Waals surface area contributed by atoms with Crippen LogP contribution in [-0.2, 0) is 11.3 Å². The Morgan fingerprint density at radius 2 is 2.04 bits per heavy atom. The third kappa shape index (κ3) is 3.70. The van der Waals surface area contributed by atoms with Crippen molar-refractivity contribution in [3.63, 3.8) is 0 Å². The summed E-state index contributed by atoms with van der Waals surface area (Å²) in [7, 11) is 0. The van der Waals surface area contributed by atoms with Gasteiger partial charge in [0.15, 0.2) is 0 Å². The second-order valence-electron chi connectivity index (χ2n) is 7.31. The Morgan fingerprint density at radius 1 is 1.21 bits per heavy atom. The summed E-state index contributed by atoms with van der Waals surface area (Å²) in [6.07, 6.45) is 9.20. The van der Waals surface area contributed by atoms with Gasteiger partial charge in [-0.15, -0.1) is 0 Å². The molecule has 3 aliphatic rings.